The van der Waals surface area contributed by atoms with Crippen molar-refractivity contribution >= 4 is 5.78 Å². The average Bonchev–Trinajstić information content (AvgIpc) is 3.54. The van der Waals surface area contributed by atoms with Gasteiger partial charge in [-0.05, 0) is 93.3 Å². The van der Waals surface area contributed by atoms with E-state index in [4.69, 9.17) is 28.4 Å². The van der Waals surface area contributed by atoms with Crippen LogP contribution in [-0.2, 0) is 33.2 Å². The molecule has 4 aliphatic carbocycles. The summed E-state index contributed by atoms with van der Waals surface area (Å²) < 4.78 is 35.7. The van der Waals surface area contributed by atoms with Gasteiger partial charge in [0, 0.05) is 23.2 Å². The van der Waals surface area contributed by atoms with E-state index >= 15 is 4.79 Å². The van der Waals surface area contributed by atoms with Gasteiger partial charge in [-0.1, -0.05) is 60.1 Å². The van der Waals surface area contributed by atoms with Crippen LogP contribution in [0.4, 0.5) is 0 Å². The lowest BCUT2D eigenvalue weighted by molar-refractivity contribution is -0.338. The molecule has 0 radical (unpaired) electrons. The summed E-state index contributed by atoms with van der Waals surface area (Å²) in [6.07, 6.45) is -13.2. The van der Waals surface area contributed by atoms with Gasteiger partial charge in [0.05, 0.1) is 43.7 Å². The molecule has 6 fully saturated rings. The number of aliphatic hydroxyl groups is 11. The number of ketones is 1. The van der Waals surface area contributed by atoms with Gasteiger partial charge in [0.1, 0.15) is 66.8 Å². The fourth-order valence-electron chi connectivity index (χ4n) is 14.1. The highest BCUT2D eigenvalue weighted by molar-refractivity contribution is 5.88. The summed E-state index contributed by atoms with van der Waals surface area (Å²) in [5, 5.41) is 116. The van der Waals surface area contributed by atoms with E-state index in [2.05, 4.69) is 47.6 Å². The largest absolute Gasteiger partial charge is 0.394 e. The summed E-state index contributed by atoms with van der Waals surface area (Å²) >= 11 is 0. The third-order valence-corrected chi connectivity index (χ3v) is 18.8. The maximum atomic E-state index is 15.0. The molecule has 0 aromatic carbocycles. The summed E-state index contributed by atoms with van der Waals surface area (Å²) in [4.78, 5) is 15.0. The van der Waals surface area contributed by atoms with E-state index in [1.807, 2.05) is 0 Å². The van der Waals surface area contributed by atoms with Crippen LogP contribution in [0.25, 0.3) is 0 Å². The molecule has 24 atom stereocenters. The standard InChI is InChI=1S/C49H82O18/c1-22(10-14-33(46(5,6)61)67-44-41(60)39(58)37(56)29(65-44)21-62-42-35(54)23(2)34(53)27(19-50)63-42)24-16-17-47(7)30-13-11-25-26(49(30,9)31(52)18-48(24,47)8)12-15-32(45(25,3)4)66-43-40(59)38(57)36(55)28(20-51)64-43/h11,22-24,26-30,32-44,50-51,53-61H,10,12-21H2,1-9H3/t22-,23+,24?,26?,27-,28-,29-,30?,32+,33-,34+,35-,36-,37-,38+,39+,40-,41-,42-,43+,44+,47+,48-,49+/m1/s1. The first-order valence-electron chi connectivity index (χ1n) is 24.7. The first-order chi connectivity index (χ1) is 31.2. The van der Waals surface area contributed by atoms with Gasteiger partial charge in [-0.25, -0.2) is 0 Å². The van der Waals surface area contributed by atoms with Crippen LogP contribution in [-0.4, -0.2) is 186 Å². The highest BCUT2D eigenvalue weighted by Crippen LogP contribution is 2.74. The van der Waals surface area contributed by atoms with E-state index in [0.29, 0.717) is 38.5 Å². The number of allylic oxidation sites excluding steroid dienone is 1. The van der Waals surface area contributed by atoms with Gasteiger partial charge in [0.2, 0.25) is 0 Å². The normalized spacial score (nSPS) is 49.9. The molecule has 18 heteroatoms. The number of Topliss-reactive ketones (excluding diaryl/α,β-unsaturated/α-hetero) is 1. The molecule has 3 heterocycles. The number of ether oxygens (including phenoxy) is 6. The first kappa shape index (κ1) is 53.5. The minimum absolute atomic E-state index is 0.0300. The zero-order chi connectivity index (χ0) is 49.5. The quantitative estimate of drug-likeness (QED) is 0.105. The molecule has 3 saturated heterocycles. The minimum atomic E-state index is -1.71. The van der Waals surface area contributed by atoms with Crippen molar-refractivity contribution in [2.45, 2.75) is 218 Å². The molecule has 7 rings (SSSR count). The minimum Gasteiger partial charge on any atom is -0.394 e. The molecule has 11 N–H and O–H groups in total. The molecule has 0 spiro atoms. The molecule has 0 amide bonds. The number of rotatable bonds is 14. The van der Waals surface area contributed by atoms with E-state index < -0.39 is 140 Å². The lowest BCUT2D eigenvalue weighted by atomic mass is 9.38. The van der Waals surface area contributed by atoms with Crippen molar-refractivity contribution in [1.82, 2.24) is 0 Å². The fourth-order valence-corrected chi connectivity index (χ4v) is 14.1. The van der Waals surface area contributed by atoms with Crippen LogP contribution in [0.5, 0.6) is 0 Å². The highest BCUT2D eigenvalue weighted by Gasteiger charge is 2.70. The van der Waals surface area contributed by atoms with Gasteiger partial charge < -0.3 is 84.6 Å². The summed E-state index contributed by atoms with van der Waals surface area (Å²) in [5.41, 5.74) is -1.99. The molecule has 3 aliphatic heterocycles. The Bertz CT molecular complexity index is 1750. The van der Waals surface area contributed by atoms with E-state index in [-0.39, 0.29) is 40.3 Å². The number of hydrogen-bond acceptors (Lipinski definition) is 18. The van der Waals surface area contributed by atoms with Crippen molar-refractivity contribution in [3.63, 3.8) is 0 Å². The second-order valence-corrected chi connectivity index (χ2v) is 23.2. The molecule has 386 valence electrons. The third kappa shape index (κ3) is 9.16. The molecule has 18 nitrogen and oxygen atoms in total. The number of carbonyl (C=O) groups is 1. The topological polar surface area (TPSA) is 295 Å². The Morgan fingerprint density at radius 1 is 0.731 bits per heavy atom. The first-order valence-corrected chi connectivity index (χ1v) is 24.7. The molecule has 7 aliphatic rings. The summed E-state index contributed by atoms with van der Waals surface area (Å²) in [6, 6.07) is 0. The van der Waals surface area contributed by atoms with Gasteiger partial charge in [-0.2, -0.15) is 0 Å². The molecular weight excluding hydrogens is 877 g/mol. The highest BCUT2D eigenvalue weighted by atomic mass is 16.7. The Morgan fingerprint density at radius 2 is 1.31 bits per heavy atom. The van der Waals surface area contributed by atoms with Crippen molar-refractivity contribution in [3.05, 3.63) is 11.6 Å². The van der Waals surface area contributed by atoms with Gasteiger partial charge >= 0.3 is 0 Å². The van der Waals surface area contributed by atoms with E-state index in [0.717, 1.165) is 18.4 Å². The molecule has 0 aromatic heterocycles. The maximum Gasteiger partial charge on any atom is 0.187 e. The Kier molecular flexibility index (Phi) is 15.7. The number of hydrogen-bond donors (Lipinski definition) is 11. The molecule has 0 aromatic rings. The third-order valence-electron chi connectivity index (χ3n) is 18.8. The summed E-state index contributed by atoms with van der Waals surface area (Å²) in [6.45, 7) is 16.4. The Labute approximate surface area is 394 Å². The van der Waals surface area contributed by atoms with Crippen molar-refractivity contribution in [2.75, 3.05) is 19.8 Å². The van der Waals surface area contributed by atoms with Crippen LogP contribution in [0.3, 0.4) is 0 Å². The van der Waals surface area contributed by atoms with Gasteiger partial charge in [-0.3, -0.25) is 4.79 Å². The number of aliphatic hydroxyl groups excluding tert-OH is 10. The SMILES string of the molecule is C[C@@H]1[C@@H](O)[C@H](OC[C@H]2O[C@@H](O[C@H](CC[C@@H](C)C3CC[C@@]4(C)C5CC=C6C(CC[C@H](O[C@@H]7O[C@H](CO)[C@@H](O)[C@H](O)[C@H]7O)C6(C)C)[C@]5(C)C(=O)C[C@]34C)C(C)(C)O)[C@H](O)[C@@H](O)[C@@H]2O)O[C@H](CO)[C@H]1O. The zero-order valence-electron chi connectivity index (χ0n) is 40.8. The Morgan fingerprint density at radius 3 is 1.94 bits per heavy atom. The predicted octanol–water partition coefficient (Wildman–Crippen LogP) is 0.427. The molecule has 0 bridgehead atoms. The van der Waals surface area contributed by atoms with Crippen molar-refractivity contribution in [2.24, 2.45) is 51.2 Å². The predicted molar refractivity (Wildman–Crippen MR) is 237 cm³/mol. The Balaban J connectivity index is 1.02. The van der Waals surface area contributed by atoms with Crippen LogP contribution in [0, 0.1) is 51.2 Å². The molecule has 67 heavy (non-hydrogen) atoms. The zero-order valence-corrected chi connectivity index (χ0v) is 40.8. The fraction of sp³-hybridized carbons (Fsp3) is 0.939. The van der Waals surface area contributed by atoms with Crippen LogP contribution < -0.4 is 0 Å². The van der Waals surface area contributed by atoms with Crippen LogP contribution in [0.1, 0.15) is 114 Å². The smallest absolute Gasteiger partial charge is 0.187 e. The van der Waals surface area contributed by atoms with E-state index in [1.54, 1.807) is 20.8 Å². The van der Waals surface area contributed by atoms with Gasteiger partial charge in [0.15, 0.2) is 18.9 Å². The van der Waals surface area contributed by atoms with Crippen molar-refractivity contribution in [3.8, 4) is 0 Å². The number of fused-ring (bicyclic) bond motifs is 5. The second kappa shape index (κ2) is 19.6. The summed E-state index contributed by atoms with van der Waals surface area (Å²) in [5.74, 6) is -0.148. The lowest BCUT2D eigenvalue weighted by Gasteiger charge is -2.65. The van der Waals surface area contributed by atoms with Crippen LogP contribution in [0.2, 0.25) is 0 Å². The van der Waals surface area contributed by atoms with Crippen LogP contribution >= 0.6 is 0 Å². The van der Waals surface area contributed by atoms with Gasteiger partial charge in [-0.15, -0.1) is 0 Å². The van der Waals surface area contributed by atoms with E-state index in [1.165, 1.54) is 0 Å². The van der Waals surface area contributed by atoms with E-state index in [9.17, 15) is 56.2 Å². The Hall–Kier alpha value is -1.27. The molecule has 3 saturated carbocycles. The lowest BCUT2D eigenvalue weighted by Crippen LogP contribution is -2.64. The summed E-state index contributed by atoms with van der Waals surface area (Å²) in [7, 11) is 0. The molecule has 3 unspecified atom stereocenters. The monoisotopic (exact) mass is 959 g/mol. The van der Waals surface area contributed by atoms with Crippen molar-refractivity contribution in [1.29, 1.82) is 0 Å². The molecular formula is C49H82O18. The number of carbonyl (C=O) groups excluding carboxylic acids is 1. The average molecular weight is 959 g/mol. The van der Waals surface area contributed by atoms with Gasteiger partial charge in [0.25, 0.3) is 0 Å². The maximum absolute atomic E-state index is 15.0. The second-order valence-electron chi connectivity index (χ2n) is 23.2. The van der Waals surface area contributed by atoms with Crippen LogP contribution in [0.15, 0.2) is 11.6 Å². The van der Waals surface area contributed by atoms with Crippen molar-refractivity contribution < 1.29 is 89.4 Å².